The largest absolute Gasteiger partial charge is 0.348 e. The SMILES string of the molecule is CCCCC(CN)NC(=O)c1cc(Cl)cc(Cl)c1. The molecule has 5 heteroatoms. The van der Waals surface area contributed by atoms with Crippen LogP contribution in [0.2, 0.25) is 10.0 Å². The summed E-state index contributed by atoms with van der Waals surface area (Å²) >= 11 is 11.7. The number of unbranched alkanes of at least 4 members (excludes halogenated alkanes) is 1. The van der Waals surface area contributed by atoms with Crippen LogP contribution in [-0.4, -0.2) is 18.5 Å². The number of nitrogens with one attached hydrogen (secondary N) is 1. The van der Waals surface area contributed by atoms with Gasteiger partial charge in [0.25, 0.3) is 5.91 Å². The molecule has 0 aliphatic heterocycles. The van der Waals surface area contributed by atoms with Crippen LogP contribution in [0.1, 0.15) is 36.5 Å². The van der Waals surface area contributed by atoms with Gasteiger partial charge in [0.2, 0.25) is 0 Å². The maximum atomic E-state index is 12.0. The maximum Gasteiger partial charge on any atom is 0.251 e. The first-order chi connectivity index (χ1) is 8.56. The summed E-state index contributed by atoms with van der Waals surface area (Å²) in [6.45, 7) is 2.53. The Morgan fingerprint density at radius 1 is 1.33 bits per heavy atom. The highest BCUT2D eigenvalue weighted by Crippen LogP contribution is 2.19. The third-order valence-corrected chi connectivity index (χ3v) is 3.09. The molecule has 0 fully saturated rings. The van der Waals surface area contributed by atoms with Crippen LogP contribution in [0.25, 0.3) is 0 Å². The average Bonchev–Trinajstić information content (AvgIpc) is 2.32. The highest BCUT2D eigenvalue weighted by atomic mass is 35.5. The predicted octanol–water partition coefficient (Wildman–Crippen LogP) is 3.24. The van der Waals surface area contributed by atoms with E-state index in [1.165, 1.54) is 0 Å². The number of hydrogen-bond acceptors (Lipinski definition) is 2. The van der Waals surface area contributed by atoms with E-state index >= 15 is 0 Å². The number of halogens is 2. The van der Waals surface area contributed by atoms with Gasteiger partial charge in [0.15, 0.2) is 0 Å². The molecule has 0 aliphatic rings. The van der Waals surface area contributed by atoms with Crippen molar-refractivity contribution in [2.45, 2.75) is 32.2 Å². The molecule has 1 aromatic rings. The fraction of sp³-hybridized carbons (Fsp3) is 0.462. The van der Waals surface area contributed by atoms with E-state index in [0.29, 0.717) is 22.2 Å². The van der Waals surface area contributed by atoms with Gasteiger partial charge in [-0.05, 0) is 24.6 Å². The van der Waals surface area contributed by atoms with Crippen molar-refractivity contribution in [1.29, 1.82) is 0 Å². The molecule has 0 saturated heterocycles. The van der Waals surface area contributed by atoms with Crippen molar-refractivity contribution in [2.75, 3.05) is 6.54 Å². The first-order valence-electron chi connectivity index (χ1n) is 6.03. The third kappa shape index (κ3) is 4.84. The highest BCUT2D eigenvalue weighted by Gasteiger charge is 2.13. The molecular weight excluding hydrogens is 271 g/mol. The number of amides is 1. The van der Waals surface area contributed by atoms with E-state index in [4.69, 9.17) is 28.9 Å². The van der Waals surface area contributed by atoms with Crippen LogP contribution in [-0.2, 0) is 0 Å². The second-order valence-electron chi connectivity index (χ2n) is 4.21. The summed E-state index contributed by atoms with van der Waals surface area (Å²) in [6.07, 6.45) is 3.00. The lowest BCUT2D eigenvalue weighted by molar-refractivity contribution is 0.0936. The lowest BCUT2D eigenvalue weighted by atomic mass is 10.1. The molecule has 0 aliphatic carbocycles. The summed E-state index contributed by atoms with van der Waals surface area (Å²) < 4.78 is 0. The second-order valence-corrected chi connectivity index (χ2v) is 5.08. The third-order valence-electron chi connectivity index (χ3n) is 2.65. The first-order valence-corrected chi connectivity index (χ1v) is 6.79. The molecule has 3 N–H and O–H groups in total. The van der Waals surface area contributed by atoms with E-state index in [9.17, 15) is 4.79 Å². The summed E-state index contributed by atoms with van der Waals surface area (Å²) in [5.41, 5.74) is 6.09. The Hall–Kier alpha value is -0.770. The molecule has 0 radical (unpaired) electrons. The smallest absolute Gasteiger partial charge is 0.251 e. The Bertz CT molecular complexity index is 390. The summed E-state index contributed by atoms with van der Waals surface area (Å²) in [6, 6.07) is 4.78. The standard InChI is InChI=1S/C13H18Cl2N2O/c1-2-3-4-12(8-16)17-13(18)9-5-10(14)7-11(15)6-9/h5-7,12H,2-4,8,16H2,1H3,(H,17,18). The highest BCUT2D eigenvalue weighted by molar-refractivity contribution is 6.35. The van der Waals surface area contributed by atoms with E-state index in [1.54, 1.807) is 18.2 Å². The number of nitrogens with two attached hydrogens (primary N) is 1. The van der Waals surface area contributed by atoms with E-state index in [-0.39, 0.29) is 11.9 Å². The molecule has 18 heavy (non-hydrogen) atoms. The van der Waals surface area contributed by atoms with Gasteiger partial charge in [0.1, 0.15) is 0 Å². The van der Waals surface area contributed by atoms with Crippen LogP contribution in [0, 0.1) is 0 Å². The first kappa shape index (κ1) is 15.3. The molecule has 0 heterocycles. The van der Waals surface area contributed by atoms with Gasteiger partial charge in [-0.15, -0.1) is 0 Å². The molecule has 0 spiro atoms. The molecule has 100 valence electrons. The summed E-state index contributed by atoms with van der Waals surface area (Å²) in [7, 11) is 0. The fourth-order valence-corrected chi connectivity index (χ4v) is 2.18. The van der Waals surface area contributed by atoms with Gasteiger partial charge in [0, 0.05) is 28.2 Å². The van der Waals surface area contributed by atoms with Crippen LogP contribution >= 0.6 is 23.2 Å². The van der Waals surface area contributed by atoms with E-state index in [2.05, 4.69) is 12.2 Å². The molecule has 3 nitrogen and oxygen atoms in total. The van der Waals surface area contributed by atoms with E-state index < -0.39 is 0 Å². The quantitative estimate of drug-likeness (QED) is 0.844. The van der Waals surface area contributed by atoms with Gasteiger partial charge in [-0.2, -0.15) is 0 Å². The van der Waals surface area contributed by atoms with Crippen LogP contribution in [0.4, 0.5) is 0 Å². The average molecular weight is 289 g/mol. The van der Waals surface area contributed by atoms with E-state index in [0.717, 1.165) is 19.3 Å². The van der Waals surface area contributed by atoms with Gasteiger partial charge in [-0.25, -0.2) is 0 Å². The van der Waals surface area contributed by atoms with Gasteiger partial charge in [0.05, 0.1) is 0 Å². The lowest BCUT2D eigenvalue weighted by Crippen LogP contribution is -2.40. The maximum absolute atomic E-state index is 12.0. The molecule has 1 amide bonds. The van der Waals surface area contributed by atoms with Crippen molar-refractivity contribution in [3.63, 3.8) is 0 Å². The van der Waals surface area contributed by atoms with Crippen LogP contribution in [0.15, 0.2) is 18.2 Å². The lowest BCUT2D eigenvalue weighted by Gasteiger charge is -2.16. The van der Waals surface area contributed by atoms with Crippen LogP contribution < -0.4 is 11.1 Å². The van der Waals surface area contributed by atoms with Gasteiger partial charge >= 0.3 is 0 Å². The van der Waals surface area contributed by atoms with Gasteiger partial charge in [-0.1, -0.05) is 43.0 Å². The molecule has 1 rings (SSSR count). The number of carbonyl (C=O) groups is 1. The Kier molecular flexibility index (Phi) is 6.47. The summed E-state index contributed by atoms with van der Waals surface area (Å²) in [4.78, 5) is 12.0. The van der Waals surface area contributed by atoms with E-state index in [1.807, 2.05) is 0 Å². The summed E-state index contributed by atoms with van der Waals surface area (Å²) in [5, 5.41) is 3.79. The Balaban J connectivity index is 2.68. The Morgan fingerprint density at radius 2 is 1.94 bits per heavy atom. The second kappa shape index (κ2) is 7.62. The molecule has 0 saturated carbocycles. The molecular formula is C13H18Cl2N2O. The van der Waals surface area contributed by atoms with Crippen molar-refractivity contribution < 1.29 is 4.79 Å². The number of benzene rings is 1. The molecule has 1 aromatic carbocycles. The minimum atomic E-state index is -0.189. The zero-order valence-electron chi connectivity index (χ0n) is 10.4. The van der Waals surface area contributed by atoms with Crippen molar-refractivity contribution in [2.24, 2.45) is 5.73 Å². The van der Waals surface area contributed by atoms with Crippen LogP contribution in [0.3, 0.4) is 0 Å². The molecule has 1 atom stereocenters. The van der Waals surface area contributed by atoms with Gasteiger partial charge < -0.3 is 11.1 Å². The fourth-order valence-electron chi connectivity index (χ4n) is 1.65. The van der Waals surface area contributed by atoms with Crippen molar-refractivity contribution >= 4 is 29.1 Å². The monoisotopic (exact) mass is 288 g/mol. The Morgan fingerprint density at radius 3 is 2.44 bits per heavy atom. The zero-order valence-corrected chi connectivity index (χ0v) is 11.9. The minimum Gasteiger partial charge on any atom is -0.348 e. The molecule has 0 bridgehead atoms. The Labute approximate surface area is 118 Å². The topological polar surface area (TPSA) is 55.1 Å². The predicted molar refractivity (Wildman–Crippen MR) is 76.3 cm³/mol. The minimum absolute atomic E-state index is 0.00444. The molecule has 1 unspecified atom stereocenters. The van der Waals surface area contributed by atoms with Crippen molar-refractivity contribution in [3.05, 3.63) is 33.8 Å². The normalized spacial score (nSPS) is 12.2. The van der Waals surface area contributed by atoms with Crippen LogP contribution in [0.5, 0.6) is 0 Å². The molecule has 0 aromatic heterocycles. The van der Waals surface area contributed by atoms with Crippen molar-refractivity contribution in [3.8, 4) is 0 Å². The number of rotatable bonds is 6. The van der Waals surface area contributed by atoms with Crippen molar-refractivity contribution in [1.82, 2.24) is 5.32 Å². The number of carbonyl (C=O) groups excluding carboxylic acids is 1. The summed E-state index contributed by atoms with van der Waals surface area (Å²) in [5.74, 6) is -0.189. The van der Waals surface area contributed by atoms with Gasteiger partial charge in [-0.3, -0.25) is 4.79 Å². The zero-order chi connectivity index (χ0) is 13.5. The number of hydrogen-bond donors (Lipinski definition) is 2.